The fourth-order valence-corrected chi connectivity index (χ4v) is 1.71. The molecule has 0 bridgehead atoms. The molecular weight excluding hydrogens is 204 g/mol. The second kappa shape index (κ2) is 5.72. The summed E-state index contributed by atoms with van der Waals surface area (Å²) in [5.74, 6) is 1.60. The molecule has 0 heterocycles. The minimum absolute atomic E-state index is 0.154. The lowest BCUT2D eigenvalue weighted by atomic mass is 10.0. The molecule has 1 aromatic carbocycles. The van der Waals surface area contributed by atoms with Gasteiger partial charge in [0, 0.05) is 18.2 Å². The van der Waals surface area contributed by atoms with Crippen molar-refractivity contribution in [3.63, 3.8) is 0 Å². The van der Waals surface area contributed by atoms with Gasteiger partial charge in [0.05, 0.1) is 20.3 Å². The van der Waals surface area contributed by atoms with Crippen molar-refractivity contribution in [2.45, 2.75) is 6.04 Å². The van der Waals surface area contributed by atoms with Gasteiger partial charge in [-0.25, -0.2) is 0 Å². The van der Waals surface area contributed by atoms with Crippen LogP contribution in [0.4, 0.5) is 0 Å². The topological polar surface area (TPSA) is 47.7 Å². The Labute approximate surface area is 96.9 Å². The predicted octanol–water partition coefficient (Wildman–Crippen LogP) is 1.27. The van der Waals surface area contributed by atoms with Gasteiger partial charge in [-0.15, -0.1) is 0 Å². The normalized spacial score (nSPS) is 12.6. The van der Waals surface area contributed by atoms with Crippen molar-refractivity contribution < 1.29 is 9.47 Å². The molecule has 4 heteroatoms. The van der Waals surface area contributed by atoms with Crippen molar-refractivity contribution in [1.82, 2.24) is 4.90 Å². The summed E-state index contributed by atoms with van der Waals surface area (Å²) in [5.41, 5.74) is 6.85. The molecule has 0 fully saturated rings. The molecule has 0 saturated heterocycles. The minimum atomic E-state index is 0.154. The van der Waals surface area contributed by atoms with E-state index in [1.807, 2.05) is 32.3 Å². The van der Waals surface area contributed by atoms with Gasteiger partial charge >= 0.3 is 0 Å². The molecular formula is C12H20N2O2. The summed E-state index contributed by atoms with van der Waals surface area (Å²) in [5, 5.41) is 0. The van der Waals surface area contributed by atoms with E-state index >= 15 is 0 Å². The second-order valence-electron chi connectivity index (χ2n) is 3.82. The molecule has 0 aliphatic heterocycles. The lowest BCUT2D eigenvalue weighted by Crippen LogP contribution is -2.27. The molecule has 1 aromatic rings. The number of likely N-dealkylation sites (N-methyl/N-ethyl adjacent to an activating group) is 1. The maximum Gasteiger partial charge on any atom is 0.127 e. The summed E-state index contributed by atoms with van der Waals surface area (Å²) in [6.07, 6.45) is 0. The summed E-state index contributed by atoms with van der Waals surface area (Å²) in [7, 11) is 7.30. The quantitative estimate of drug-likeness (QED) is 0.818. The van der Waals surface area contributed by atoms with Gasteiger partial charge in [-0.2, -0.15) is 0 Å². The number of hydrogen-bond acceptors (Lipinski definition) is 4. The summed E-state index contributed by atoms with van der Waals surface area (Å²) >= 11 is 0. The Bertz CT molecular complexity index is 340. The smallest absolute Gasteiger partial charge is 0.127 e. The molecule has 0 aliphatic carbocycles. The summed E-state index contributed by atoms with van der Waals surface area (Å²) in [4.78, 5) is 2.07. The largest absolute Gasteiger partial charge is 0.497 e. The van der Waals surface area contributed by atoms with E-state index in [-0.39, 0.29) is 6.04 Å². The average molecular weight is 224 g/mol. The third kappa shape index (κ3) is 2.65. The number of nitrogens with zero attached hydrogens (tertiary/aromatic N) is 1. The Morgan fingerprint density at radius 1 is 1.25 bits per heavy atom. The maximum atomic E-state index is 5.77. The van der Waals surface area contributed by atoms with E-state index < -0.39 is 0 Å². The number of hydrogen-bond donors (Lipinski definition) is 1. The Morgan fingerprint density at radius 2 is 1.94 bits per heavy atom. The van der Waals surface area contributed by atoms with Crippen LogP contribution in [-0.2, 0) is 0 Å². The van der Waals surface area contributed by atoms with Gasteiger partial charge in [-0.05, 0) is 20.2 Å². The first-order chi connectivity index (χ1) is 7.63. The lowest BCUT2D eigenvalue weighted by molar-refractivity contribution is 0.294. The number of benzene rings is 1. The van der Waals surface area contributed by atoms with E-state index in [0.29, 0.717) is 6.54 Å². The zero-order valence-corrected chi connectivity index (χ0v) is 10.4. The average Bonchev–Trinajstić information content (AvgIpc) is 2.29. The highest BCUT2D eigenvalue weighted by atomic mass is 16.5. The fourth-order valence-electron chi connectivity index (χ4n) is 1.71. The van der Waals surface area contributed by atoms with Gasteiger partial charge in [-0.1, -0.05) is 6.07 Å². The van der Waals surface area contributed by atoms with E-state index in [9.17, 15) is 0 Å². The monoisotopic (exact) mass is 224 g/mol. The van der Waals surface area contributed by atoms with Gasteiger partial charge < -0.3 is 20.1 Å². The van der Waals surface area contributed by atoms with Gasteiger partial charge in [0.1, 0.15) is 11.5 Å². The molecule has 1 atom stereocenters. The first-order valence-corrected chi connectivity index (χ1v) is 5.22. The van der Waals surface area contributed by atoms with Gasteiger partial charge in [0.25, 0.3) is 0 Å². The van der Waals surface area contributed by atoms with Crippen LogP contribution in [0.2, 0.25) is 0 Å². The third-order valence-corrected chi connectivity index (χ3v) is 2.65. The standard InChI is InChI=1S/C12H20N2O2/c1-14(2)11(8-13)10-6-5-9(15-3)7-12(10)16-4/h5-7,11H,8,13H2,1-4H3/t11-/m1/s1. The van der Waals surface area contributed by atoms with Crippen molar-refractivity contribution in [2.24, 2.45) is 5.73 Å². The number of methoxy groups -OCH3 is 2. The molecule has 0 aromatic heterocycles. The highest BCUT2D eigenvalue weighted by molar-refractivity contribution is 5.42. The minimum Gasteiger partial charge on any atom is -0.497 e. The first kappa shape index (κ1) is 12.8. The lowest BCUT2D eigenvalue weighted by Gasteiger charge is -2.25. The maximum absolute atomic E-state index is 5.77. The Morgan fingerprint density at radius 3 is 2.38 bits per heavy atom. The molecule has 2 N–H and O–H groups in total. The van der Waals surface area contributed by atoms with Gasteiger partial charge in [0.15, 0.2) is 0 Å². The zero-order valence-electron chi connectivity index (χ0n) is 10.4. The van der Waals surface area contributed by atoms with Crippen LogP contribution in [0.15, 0.2) is 18.2 Å². The van der Waals surface area contributed by atoms with Crippen LogP contribution in [0.25, 0.3) is 0 Å². The second-order valence-corrected chi connectivity index (χ2v) is 3.82. The van der Waals surface area contributed by atoms with E-state index in [0.717, 1.165) is 17.1 Å². The van der Waals surface area contributed by atoms with Crippen LogP contribution in [0.3, 0.4) is 0 Å². The van der Waals surface area contributed by atoms with Crippen LogP contribution in [0.1, 0.15) is 11.6 Å². The third-order valence-electron chi connectivity index (χ3n) is 2.65. The van der Waals surface area contributed by atoms with Gasteiger partial charge in [-0.3, -0.25) is 0 Å². The SMILES string of the molecule is COc1ccc([C@@H](CN)N(C)C)c(OC)c1. The molecule has 0 unspecified atom stereocenters. The molecule has 90 valence electrons. The molecule has 0 amide bonds. The summed E-state index contributed by atoms with van der Waals surface area (Å²) < 4.78 is 10.5. The first-order valence-electron chi connectivity index (χ1n) is 5.22. The van der Waals surface area contributed by atoms with Gasteiger partial charge in [0.2, 0.25) is 0 Å². The molecule has 16 heavy (non-hydrogen) atoms. The van der Waals surface area contributed by atoms with Crippen LogP contribution < -0.4 is 15.2 Å². The molecule has 0 spiro atoms. The molecule has 0 radical (unpaired) electrons. The fraction of sp³-hybridized carbons (Fsp3) is 0.500. The van der Waals surface area contributed by atoms with Crippen molar-refractivity contribution in [3.05, 3.63) is 23.8 Å². The number of rotatable bonds is 5. The molecule has 0 aliphatic rings. The van der Waals surface area contributed by atoms with E-state index in [1.54, 1.807) is 14.2 Å². The predicted molar refractivity (Wildman–Crippen MR) is 65.0 cm³/mol. The van der Waals surface area contributed by atoms with E-state index in [4.69, 9.17) is 15.2 Å². The van der Waals surface area contributed by atoms with Crippen molar-refractivity contribution in [2.75, 3.05) is 34.9 Å². The van der Waals surface area contributed by atoms with Crippen molar-refractivity contribution in [1.29, 1.82) is 0 Å². The Kier molecular flexibility index (Phi) is 4.58. The van der Waals surface area contributed by atoms with Crippen LogP contribution in [-0.4, -0.2) is 39.8 Å². The van der Waals surface area contributed by atoms with Crippen molar-refractivity contribution >= 4 is 0 Å². The highest BCUT2D eigenvalue weighted by Crippen LogP contribution is 2.30. The zero-order chi connectivity index (χ0) is 12.1. The summed E-state index contributed by atoms with van der Waals surface area (Å²) in [6, 6.07) is 5.95. The number of nitrogens with two attached hydrogens (primary N) is 1. The molecule has 0 saturated carbocycles. The van der Waals surface area contributed by atoms with Crippen LogP contribution in [0, 0.1) is 0 Å². The van der Waals surface area contributed by atoms with Crippen molar-refractivity contribution in [3.8, 4) is 11.5 Å². The van der Waals surface area contributed by atoms with E-state index in [1.165, 1.54) is 0 Å². The van der Waals surface area contributed by atoms with Crippen LogP contribution in [0.5, 0.6) is 11.5 Å². The Balaban J connectivity index is 3.11. The highest BCUT2D eigenvalue weighted by Gasteiger charge is 2.17. The molecule has 1 rings (SSSR count). The van der Waals surface area contributed by atoms with E-state index in [2.05, 4.69) is 4.90 Å². The Hall–Kier alpha value is -1.26. The number of ether oxygens (including phenoxy) is 2. The molecule has 4 nitrogen and oxygen atoms in total. The summed E-state index contributed by atoms with van der Waals surface area (Å²) in [6.45, 7) is 0.551. The van der Waals surface area contributed by atoms with Crippen LogP contribution >= 0.6 is 0 Å².